The fourth-order valence-corrected chi connectivity index (χ4v) is 2.63. The molecule has 0 aromatic carbocycles. The van der Waals surface area contributed by atoms with E-state index in [1.165, 1.54) is 44.9 Å². The van der Waals surface area contributed by atoms with Crippen LogP contribution in [0.25, 0.3) is 0 Å². The van der Waals surface area contributed by atoms with E-state index >= 15 is 0 Å². The Morgan fingerprint density at radius 2 is 1.42 bits per heavy atom. The van der Waals surface area contributed by atoms with Crippen LogP contribution in [0, 0.1) is 0 Å². The van der Waals surface area contributed by atoms with Crippen LogP contribution in [0.5, 0.6) is 0 Å². The molecule has 0 radical (unpaired) electrons. The smallest absolute Gasteiger partial charge is 0.306 e. The highest BCUT2D eigenvalue weighted by Gasteiger charge is 2.23. The van der Waals surface area contributed by atoms with Crippen molar-refractivity contribution in [1.29, 1.82) is 0 Å². The van der Waals surface area contributed by atoms with E-state index in [9.17, 15) is 4.79 Å². The Balaban J connectivity index is 3.62. The van der Waals surface area contributed by atoms with Crippen molar-refractivity contribution in [3.63, 3.8) is 0 Å². The molecule has 0 rings (SSSR count). The SMILES string of the molecule is CCCC/C=C/CCCCCCCC(=O)OC(C)(C)CCOC(C)(C)C. The molecule has 0 aliphatic rings. The van der Waals surface area contributed by atoms with Gasteiger partial charge in [-0.05, 0) is 60.3 Å². The third kappa shape index (κ3) is 18.0. The minimum Gasteiger partial charge on any atom is -0.460 e. The minimum atomic E-state index is -0.452. The fraction of sp³-hybridized carbons (Fsp3) is 0.870. The van der Waals surface area contributed by atoms with E-state index in [-0.39, 0.29) is 11.6 Å². The Morgan fingerprint density at radius 3 is 2.04 bits per heavy atom. The zero-order chi connectivity index (χ0) is 19.9. The van der Waals surface area contributed by atoms with Crippen molar-refractivity contribution in [3.8, 4) is 0 Å². The van der Waals surface area contributed by atoms with Crippen LogP contribution in [0.15, 0.2) is 12.2 Å². The Morgan fingerprint density at radius 1 is 0.846 bits per heavy atom. The maximum Gasteiger partial charge on any atom is 0.306 e. The van der Waals surface area contributed by atoms with Crippen molar-refractivity contribution in [3.05, 3.63) is 12.2 Å². The van der Waals surface area contributed by atoms with Crippen molar-refractivity contribution in [1.82, 2.24) is 0 Å². The van der Waals surface area contributed by atoms with Gasteiger partial charge in [-0.25, -0.2) is 0 Å². The van der Waals surface area contributed by atoms with E-state index < -0.39 is 5.60 Å². The van der Waals surface area contributed by atoms with Gasteiger partial charge >= 0.3 is 5.97 Å². The van der Waals surface area contributed by atoms with Crippen LogP contribution in [0.1, 0.15) is 112 Å². The third-order valence-electron chi connectivity index (χ3n) is 4.27. The highest BCUT2D eigenvalue weighted by atomic mass is 16.6. The summed E-state index contributed by atoms with van der Waals surface area (Å²) in [5, 5.41) is 0. The molecule has 0 saturated heterocycles. The largest absolute Gasteiger partial charge is 0.460 e. The molecule has 0 heterocycles. The number of rotatable bonds is 15. The zero-order valence-electron chi connectivity index (χ0n) is 18.4. The number of carbonyl (C=O) groups excluding carboxylic acids is 1. The molecule has 0 saturated carbocycles. The van der Waals surface area contributed by atoms with Gasteiger partial charge in [-0.2, -0.15) is 0 Å². The van der Waals surface area contributed by atoms with Gasteiger partial charge < -0.3 is 9.47 Å². The van der Waals surface area contributed by atoms with Crippen molar-refractivity contribution >= 4 is 5.97 Å². The van der Waals surface area contributed by atoms with E-state index in [4.69, 9.17) is 9.47 Å². The van der Waals surface area contributed by atoms with Crippen molar-refractivity contribution < 1.29 is 14.3 Å². The van der Waals surface area contributed by atoms with Gasteiger partial charge in [-0.3, -0.25) is 4.79 Å². The number of hydrogen-bond donors (Lipinski definition) is 0. The van der Waals surface area contributed by atoms with Crippen LogP contribution >= 0.6 is 0 Å². The summed E-state index contributed by atoms with van der Waals surface area (Å²) in [4.78, 5) is 12.0. The zero-order valence-corrected chi connectivity index (χ0v) is 18.4. The second kappa shape index (κ2) is 14.3. The van der Waals surface area contributed by atoms with Crippen LogP contribution in [-0.2, 0) is 14.3 Å². The molecular formula is C23H44O3. The third-order valence-corrected chi connectivity index (χ3v) is 4.27. The molecule has 0 N–H and O–H groups in total. The fourth-order valence-electron chi connectivity index (χ4n) is 2.63. The Kier molecular flexibility index (Phi) is 13.8. The number of carbonyl (C=O) groups is 1. The number of esters is 1. The van der Waals surface area contributed by atoms with E-state index in [0.29, 0.717) is 13.0 Å². The van der Waals surface area contributed by atoms with Crippen LogP contribution < -0.4 is 0 Å². The molecule has 0 aromatic heterocycles. The van der Waals surface area contributed by atoms with Crippen molar-refractivity contribution in [2.75, 3.05) is 6.61 Å². The highest BCUT2D eigenvalue weighted by molar-refractivity contribution is 5.69. The molecule has 0 unspecified atom stereocenters. The second-order valence-electron chi connectivity index (χ2n) is 8.86. The van der Waals surface area contributed by atoms with Gasteiger partial charge in [0.1, 0.15) is 5.60 Å². The summed E-state index contributed by atoms with van der Waals surface area (Å²) in [6.07, 6.45) is 16.6. The van der Waals surface area contributed by atoms with Gasteiger partial charge in [-0.15, -0.1) is 0 Å². The molecule has 0 amide bonds. The molecule has 26 heavy (non-hydrogen) atoms. The molecule has 154 valence electrons. The first-order chi connectivity index (χ1) is 12.2. The second-order valence-corrected chi connectivity index (χ2v) is 8.86. The highest BCUT2D eigenvalue weighted by Crippen LogP contribution is 2.19. The lowest BCUT2D eigenvalue weighted by Gasteiger charge is -2.27. The average molecular weight is 369 g/mol. The number of ether oxygens (including phenoxy) is 2. The summed E-state index contributed by atoms with van der Waals surface area (Å²) < 4.78 is 11.3. The molecule has 0 spiro atoms. The summed E-state index contributed by atoms with van der Waals surface area (Å²) in [6.45, 7) is 12.9. The first-order valence-electron chi connectivity index (χ1n) is 10.7. The molecule has 0 aromatic rings. The molecule has 0 aliphatic carbocycles. The van der Waals surface area contributed by atoms with Crippen LogP contribution in [0.2, 0.25) is 0 Å². The predicted octanol–water partition coefficient (Wildman–Crippen LogP) is 6.99. The molecule has 3 heteroatoms. The normalized spacial score (nSPS) is 12.7. The Labute approximate surface area is 162 Å². The summed E-state index contributed by atoms with van der Waals surface area (Å²) in [6, 6.07) is 0. The number of hydrogen-bond acceptors (Lipinski definition) is 3. The van der Waals surface area contributed by atoms with Gasteiger partial charge in [-0.1, -0.05) is 51.2 Å². The molecular weight excluding hydrogens is 324 g/mol. The van der Waals surface area contributed by atoms with E-state index in [1.807, 2.05) is 34.6 Å². The van der Waals surface area contributed by atoms with Gasteiger partial charge in [0, 0.05) is 12.8 Å². The molecule has 0 fully saturated rings. The molecule has 0 bridgehead atoms. The summed E-state index contributed by atoms with van der Waals surface area (Å²) >= 11 is 0. The topological polar surface area (TPSA) is 35.5 Å². The quantitative estimate of drug-likeness (QED) is 0.177. The average Bonchev–Trinajstić information content (AvgIpc) is 2.50. The van der Waals surface area contributed by atoms with Gasteiger partial charge in [0.25, 0.3) is 0 Å². The lowest BCUT2D eigenvalue weighted by Crippen LogP contribution is -2.31. The summed E-state index contributed by atoms with van der Waals surface area (Å²) in [5.41, 5.74) is -0.599. The van der Waals surface area contributed by atoms with Crippen LogP contribution in [-0.4, -0.2) is 23.8 Å². The van der Waals surface area contributed by atoms with Gasteiger partial charge in [0.05, 0.1) is 12.2 Å². The predicted molar refractivity (Wildman–Crippen MR) is 111 cm³/mol. The van der Waals surface area contributed by atoms with Crippen molar-refractivity contribution in [2.24, 2.45) is 0 Å². The lowest BCUT2D eigenvalue weighted by atomic mass is 10.1. The lowest BCUT2D eigenvalue weighted by molar-refractivity contribution is -0.159. The summed E-state index contributed by atoms with van der Waals surface area (Å²) in [5.74, 6) is -0.0791. The first-order valence-corrected chi connectivity index (χ1v) is 10.7. The standard InChI is InChI=1S/C23H44O3/c1-7-8-9-10-11-12-13-14-15-16-17-18-21(24)26-23(5,6)19-20-25-22(2,3)4/h10-11H,7-9,12-20H2,1-6H3/b11-10+. The van der Waals surface area contributed by atoms with Gasteiger partial charge in [0.2, 0.25) is 0 Å². The maximum absolute atomic E-state index is 12.0. The molecule has 0 aliphatic heterocycles. The number of allylic oxidation sites excluding steroid dienone is 2. The monoisotopic (exact) mass is 368 g/mol. The maximum atomic E-state index is 12.0. The number of unbranched alkanes of at least 4 members (excludes halogenated alkanes) is 7. The van der Waals surface area contributed by atoms with Crippen molar-refractivity contribution in [2.45, 2.75) is 123 Å². The Bertz CT molecular complexity index is 377. The van der Waals surface area contributed by atoms with E-state index in [2.05, 4.69) is 19.1 Å². The minimum absolute atomic E-state index is 0.0791. The molecule has 3 nitrogen and oxygen atoms in total. The summed E-state index contributed by atoms with van der Waals surface area (Å²) in [7, 11) is 0. The first kappa shape index (κ1) is 25.2. The molecule has 0 atom stereocenters. The van der Waals surface area contributed by atoms with E-state index in [1.54, 1.807) is 0 Å². The van der Waals surface area contributed by atoms with Crippen LogP contribution in [0.4, 0.5) is 0 Å². The van der Waals surface area contributed by atoms with Gasteiger partial charge in [0.15, 0.2) is 0 Å². The van der Waals surface area contributed by atoms with Crippen LogP contribution in [0.3, 0.4) is 0 Å². The Hall–Kier alpha value is -0.830. The van der Waals surface area contributed by atoms with E-state index in [0.717, 1.165) is 19.3 Å².